The molecule has 0 unspecified atom stereocenters. The second-order valence-electron chi connectivity index (χ2n) is 3.52. The summed E-state index contributed by atoms with van der Waals surface area (Å²) in [6, 6.07) is 0. The topological polar surface area (TPSA) is 37.3 Å². The molecule has 2 atom stereocenters. The van der Waals surface area contributed by atoms with Crippen LogP contribution in [0.4, 0.5) is 0 Å². The van der Waals surface area contributed by atoms with Gasteiger partial charge in [-0.15, -0.1) is 0 Å². The Morgan fingerprint density at radius 1 is 1.70 bits per heavy atom. The maximum atomic E-state index is 10.7. The number of carboxylic acids is 1. The summed E-state index contributed by atoms with van der Waals surface area (Å²) in [5.74, 6) is -0.275. The van der Waals surface area contributed by atoms with Crippen LogP contribution in [0.2, 0.25) is 0 Å². The van der Waals surface area contributed by atoms with Crippen molar-refractivity contribution >= 4 is 5.97 Å². The fraction of sp³-hybridized carbons (Fsp3) is 0.875. The zero-order valence-corrected chi connectivity index (χ0v) is 6.55. The molecule has 0 aromatic carbocycles. The van der Waals surface area contributed by atoms with Crippen LogP contribution >= 0.6 is 0 Å². The summed E-state index contributed by atoms with van der Waals surface area (Å²) in [5.41, 5.74) is -0.431. The Labute approximate surface area is 61.2 Å². The normalized spacial score (nSPS) is 40.0. The van der Waals surface area contributed by atoms with E-state index in [1.165, 1.54) is 0 Å². The Hall–Kier alpha value is -0.530. The van der Waals surface area contributed by atoms with Crippen molar-refractivity contribution < 1.29 is 9.90 Å². The van der Waals surface area contributed by atoms with Crippen molar-refractivity contribution in [3.63, 3.8) is 0 Å². The summed E-state index contributed by atoms with van der Waals surface area (Å²) < 4.78 is 0. The maximum Gasteiger partial charge on any atom is 0.309 e. The van der Waals surface area contributed by atoms with E-state index < -0.39 is 11.4 Å². The number of carbonyl (C=O) groups is 1. The quantitative estimate of drug-likeness (QED) is 0.607. The molecule has 1 fully saturated rings. The molecule has 0 aliphatic heterocycles. The highest BCUT2D eigenvalue weighted by Crippen LogP contribution is 2.42. The summed E-state index contributed by atoms with van der Waals surface area (Å²) in [5, 5.41) is 8.84. The van der Waals surface area contributed by atoms with Gasteiger partial charge in [-0.05, 0) is 25.7 Å². The second-order valence-corrected chi connectivity index (χ2v) is 3.52. The summed E-state index contributed by atoms with van der Waals surface area (Å²) in [6.45, 7) is 3.88. The van der Waals surface area contributed by atoms with Crippen molar-refractivity contribution in [3.8, 4) is 0 Å². The van der Waals surface area contributed by atoms with Crippen molar-refractivity contribution in [2.75, 3.05) is 0 Å². The van der Waals surface area contributed by atoms with E-state index in [0.29, 0.717) is 5.92 Å². The van der Waals surface area contributed by atoms with Gasteiger partial charge >= 0.3 is 5.97 Å². The van der Waals surface area contributed by atoms with Gasteiger partial charge < -0.3 is 5.11 Å². The molecule has 1 saturated carbocycles. The van der Waals surface area contributed by atoms with E-state index in [2.05, 4.69) is 0 Å². The molecule has 0 bridgehead atoms. The predicted octanol–water partition coefficient (Wildman–Crippen LogP) is 1.90. The van der Waals surface area contributed by atoms with E-state index in [0.717, 1.165) is 19.3 Å². The van der Waals surface area contributed by atoms with Crippen molar-refractivity contribution in [2.45, 2.75) is 33.1 Å². The molecular weight excluding hydrogens is 128 g/mol. The van der Waals surface area contributed by atoms with Crippen LogP contribution in [0, 0.1) is 11.3 Å². The Bertz CT molecular complexity index is 153. The molecule has 0 radical (unpaired) electrons. The predicted molar refractivity (Wildman–Crippen MR) is 38.8 cm³/mol. The zero-order valence-electron chi connectivity index (χ0n) is 6.55. The second kappa shape index (κ2) is 2.26. The van der Waals surface area contributed by atoms with Gasteiger partial charge in [0.2, 0.25) is 0 Å². The molecule has 0 amide bonds. The summed E-state index contributed by atoms with van der Waals surface area (Å²) >= 11 is 0. The van der Waals surface area contributed by atoms with Gasteiger partial charge in [0, 0.05) is 0 Å². The standard InChI is InChI=1S/C8H14O2/c1-6-4-3-5-8(6,2)7(9)10/h6H,3-5H2,1-2H3,(H,9,10)/t6-,8+/m0/s1. The molecule has 10 heavy (non-hydrogen) atoms. The van der Waals surface area contributed by atoms with Gasteiger partial charge in [-0.1, -0.05) is 13.3 Å². The van der Waals surface area contributed by atoms with Crippen LogP contribution in [0.5, 0.6) is 0 Å². The van der Waals surface area contributed by atoms with Crippen LogP contribution in [0.1, 0.15) is 33.1 Å². The first kappa shape index (κ1) is 7.58. The molecule has 0 spiro atoms. The highest BCUT2D eigenvalue weighted by molar-refractivity contribution is 5.74. The lowest BCUT2D eigenvalue weighted by atomic mass is 9.81. The minimum absolute atomic E-state index is 0.352. The van der Waals surface area contributed by atoms with Crippen LogP contribution in [-0.4, -0.2) is 11.1 Å². The van der Waals surface area contributed by atoms with E-state index in [-0.39, 0.29) is 0 Å². The summed E-state index contributed by atoms with van der Waals surface area (Å²) in [4.78, 5) is 10.7. The largest absolute Gasteiger partial charge is 0.481 e. The van der Waals surface area contributed by atoms with Crippen molar-refractivity contribution in [2.24, 2.45) is 11.3 Å². The summed E-state index contributed by atoms with van der Waals surface area (Å²) in [7, 11) is 0. The van der Waals surface area contributed by atoms with Gasteiger partial charge in [-0.2, -0.15) is 0 Å². The highest BCUT2D eigenvalue weighted by Gasteiger charge is 2.42. The van der Waals surface area contributed by atoms with E-state index in [1.54, 1.807) is 0 Å². The molecular formula is C8H14O2. The molecule has 0 heterocycles. The van der Waals surface area contributed by atoms with Crippen molar-refractivity contribution in [1.29, 1.82) is 0 Å². The minimum atomic E-state index is -0.627. The third-order valence-electron chi connectivity index (χ3n) is 2.91. The first-order valence-electron chi connectivity index (χ1n) is 3.81. The lowest BCUT2D eigenvalue weighted by Crippen LogP contribution is -2.29. The van der Waals surface area contributed by atoms with Crippen LogP contribution in [0.25, 0.3) is 0 Å². The van der Waals surface area contributed by atoms with Crippen molar-refractivity contribution in [1.82, 2.24) is 0 Å². The van der Waals surface area contributed by atoms with Gasteiger partial charge in [0.05, 0.1) is 5.41 Å². The van der Waals surface area contributed by atoms with Gasteiger partial charge in [0.15, 0.2) is 0 Å². The number of hydrogen-bond acceptors (Lipinski definition) is 1. The summed E-state index contributed by atoms with van der Waals surface area (Å²) in [6.07, 6.45) is 3.00. The molecule has 0 aromatic rings. The number of carboxylic acid groups (broad SMARTS) is 1. The van der Waals surface area contributed by atoms with Crippen LogP contribution < -0.4 is 0 Å². The number of hydrogen-bond donors (Lipinski definition) is 1. The molecule has 2 heteroatoms. The lowest BCUT2D eigenvalue weighted by molar-refractivity contribution is -0.149. The Morgan fingerprint density at radius 2 is 2.30 bits per heavy atom. The molecule has 2 nitrogen and oxygen atoms in total. The van der Waals surface area contributed by atoms with Gasteiger partial charge in [-0.25, -0.2) is 0 Å². The fourth-order valence-corrected chi connectivity index (χ4v) is 1.66. The molecule has 1 aliphatic carbocycles. The third kappa shape index (κ3) is 0.917. The fourth-order valence-electron chi connectivity index (χ4n) is 1.66. The Kier molecular flexibility index (Phi) is 1.71. The van der Waals surface area contributed by atoms with Crippen LogP contribution in [0.3, 0.4) is 0 Å². The average Bonchev–Trinajstić information content (AvgIpc) is 2.15. The van der Waals surface area contributed by atoms with E-state index in [4.69, 9.17) is 5.11 Å². The zero-order chi connectivity index (χ0) is 7.78. The molecule has 1 aliphatic rings. The molecule has 58 valence electrons. The SMILES string of the molecule is C[C@H]1CCC[C@@]1(C)C(=O)O. The molecule has 1 N–H and O–H groups in total. The highest BCUT2D eigenvalue weighted by atomic mass is 16.4. The molecule has 0 saturated heterocycles. The van der Waals surface area contributed by atoms with Crippen molar-refractivity contribution in [3.05, 3.63) is 0 Å². The third-order valence-corrected chi connectivity index (χ3v) is 2.91. The molecule has 1 rings (SSSR count). The number of aliphatic carboxylic acids is 1. The lowest BCUT2D eigenvalue weighted by Gasteiger charge is -2.22. The Morgan fingerprint density at radius 3 is 2.50 bits per heavy atom. The van der Waals surface area contributed by atoms with E-state index in [1.807, 2.05) is 13.8 Å². The first-order chi connectivity index (χ1) is 4.57. The van der Waals surface area contributed by atoms with E-state index >= 15 is 0 Å². The number of rotatable bonds is 1. The van der Waals surface area contributed by atoms with Gasteiger partial charge in [0.1, 0.15) is 0 Å². The maximum absolute atomic E-state index is 10.7. The van der Waals surface area contributed by atoms with Gasteiger partial charge in [-0.3, -0.25) is 4.79 Å². The van der Waals surface area contributed by atoms with Crippen LogP contribution in [0.15, 0.2) is 0 Å². The first-order valence-corrected chi connectivity index (χ1v) is 3.81. The van der Waals surface area contributed by atoms with E-state index in [9.17, 15) is 4.79 Å². The van der Waals surface area contributed by atoms with Gasteiger partial charge in [0.25, 0.3) is 0 Å². The molecule has 0 aromatic heterocycles. The smallest absolute Gasteiger partial charge is 0.309 e. The minimum Gasteiger partial charge on any atom is -0.481 e. The Balaban J connectivity index is 2.75. The average molecular weight is 142 g/mol. The van der Waals surface area contributed by atoms with Crippen LogP contribution in [-0.2, 0) is 4.79 Å². The monoisotopic (exact) mass is 142 g/mol.